The van der Waals surface area contributed by atoms with Crippen molar-refractivity contribution in [3.63, 3.8) is 0 Å². The van der Waals surface area contributed by atoms with Gasteiger partial charge in [0.1, 0.15) is 5.75 Å². The molecule has 0 saturated carbocycles. The van der Waals surface area contributed by atoms with Crippen molar-refractivity contribution >= 4 is 28.4 Å². The smallest absolute Gasteiger partial charge is 0.251 e. The molecular weight excluding hydrogens is 398 g/mol. The summed E-state index contributed by atoms with van der Waals surface area (Å²) in [5.74, 6) is 0.647. The molecule has 1 amide bonds. The van der Waals surface area contributed by atoms with Gasteiger partial charge in [-0.2, -0.15) is 5.10 Å². The molecule has 0 aliphatic rings. The van der Waals surface area contributed by atoms with E-state index in [4.69, 9.17) is 16.3 Å². The predicted molar refractivity (Wildman–Crippen MR) is 119 cm³/mol. The molecule has 0 unspecified atom stereocenters. The molecule has 5 nitrogen and oxygen atoms in total. The molecule has 0 saturated heterocycles. The zero-order valence-corrected chi connectivity index (χ0v) is 17.4. The fourth-order valence-electron chi connectivity index (χ4n) is 3.37. The zero-order chi connectivity index (χ0) is 20.9. The Kier molecular flexibility index (Phi) is 6.00. The highest BCUT2D eigenvalue weighted by atomic mass is 35.5. The molecule has 6 heteroatoms. The van der Waals surface area contributed by atoms with E-state index in [1.165, 1.54) is 0 Å². The van der Waals surface area contributed by atoms with Crippen LogP contribution in [0.2, 0.25) is 5.02 Å². The van der Waals surface area contributed by atoms with Crippen molar-refractivity contribution < 1.29 is 9.53 Å². The molecule has 152 valence electrons. The minimum absolute atomic E-state index is 0.140. The van der Waals surface area contributed by atoms with E-state index >= 15 is 0 Å². The van der Waals surface area contributed by atoms with Crippen LogP contribution in [0.15, 0.2) is 72.9 Å². The molecule has 0 aliphatic carbocycles. The van der Waals surface area contributed by atoms with Gasteiger partial charge in [0.25, 0.3) is 5.91 Å². The molecule has 4 rings (SSSR count). The van der Waals surface area contributed by atoms with E-state index in [1.807, 2.05) is 78.3 Å². The summed E-state index contributed by atoms with van der Waals surface area (Å²) in [6.45, 7) is 3.50. The first-order valence-electron chi connectivity index (χ1n) is 9.83. The topological polar surface area (TPSA) is 56.1 Å². The number of amides is 1. The van der Waals surface area contributed by atoms with Gasteiger partial charge in [0.05, 0.1) is 24.9 Å². The molecule has 0 aliphatic heterocycles. The van der Waals surface area contributed by atoms with E-state index in [9.17, 15) is 4.79 Å². The Morgan fingerprint density at radius 2 is 1.97 bits per heavy atom. The second-order valence-corrected chi connectivity index (χ2v) is 7.37. The van der Waals surface area contributed by atoms with Crippen LogP contribution < -0.4 is 10.1 Å². The van der Waals surface area contributed by atoms with Crippen molar-refractivity contribution in [1.29, 1.82) is 0 Å². The van der Waals surface area contributed by atoms with Crippen LogP contribution in [0.1, 0.15) is 28.4 Å². The van der Waals surface area contributed by atoms with Crippen LogP contribution in [0.25, 0.3) is 10.9 Å². The number of fused-ring (bicyclic) bond motifs is 1. The van der Waals surface area contributed by atoms with Gasteiger partial charge in [0.2, 0.25) is 0 Å². The molecule has 1 aromatic heterocycles. The molecule has 0 bridgehead atoms. The lowest BCUT2D eigenvalue weighted by Crippen LogP contribution is -2.23. The first-order valence-corrected chi connectivity index (χ1v) is 10.2. The first-order chi connectivity index (χ1) is 14.6. The number of hydrogen-bond donors (Lipinski definition) is 1. The fraction of sp³-hybridized carbons (Fsp3) is 0.167. The van der Waals surface area contributed by atoms with E-state index in [2.05, 4.69) is 10.4 Å². The number of hydrogen-bond acceptors (Lipinski definition) is 3. The normalized spacial score (nSPS) is 10.9. The van der Waals surface area contributed by atoms with Crippen LogP contribution in [0.5, 0.6) is 5.75 Å². The Morgan fingerprint density at radius 1 is 1.10 bits per heavy atom. The highest BCUT2D eigenvalue weighted by Crippen LogP contribution is 2.20. The van der Waals surface area contributed by atoms with Crippen molar-refractivity contribution in [3.05, 3.63) is 94.6 Å². The summed E-state index contributed by atoms with van der Waals surface area (Å²) >= 11 is 6.09. The van der Waals surface area contributed by atoms with Gasteiger partial charge in [0.15, 0.2) is 0 Å². The Labute approximate surface area is 180 Å². The number of nitrogens with one attached hydrogen (secondary N) is 1. The Bertz CT molecular complexity index is 1190. The Hall–Kier alpha value is -3.31. The van der Waals surface area contributed by atoms with Gasteiger partial charge in [-0.15, -0.1) is 0 Å². The molecule has 0 atom stereocenters. The van der Waals surface area contributed by atoms with E-state index in [-0.39, 0.29) is 5.91 Å². The summed E-state index contributed by atoms with van der Waals surface area (Å²) in [7, 11) is 0. The van der Waals surface area contributed by atoms with E-state index in [0.29, 0.717) is 30.3 Å². The van der Waals surface area contributed by atoms with Crippen molar-refractivity contribution in [1.82, 2.24) is 15.1 Å². The molecule has 4 aromatic rings. The third-order valence-electron chi connectivity index (χ3n) is 4.84. The Morgan fingerprint density at radius 3 is 2.80 bits per heavy atom. The number of para-hydroxylation sites is 1. The highest BCUT2D eigenvalue weighted by Gasteiger charge is 2.11. The standard InChI is InChI=1S/C24H22ClN3O2/c1-2-30-23-9-4-3-7-20(23)14-26-24(29)18-10-11-19-15-27-28(22(19)13-18)16-17-6-5-8-21(25)12-17/h3-13,15H,2,14,16H2,1H3,(H,26,29). The molecule has 0 fully saturated rings. The first kappa shape index (κ1) is 20.0. The van der Waals surface area contributed by atoms with Gasteiger partial charge >= 0.3 is 0 Å². The minimum Gasteiger partial charge on any atom is -0.494 e. The van der Waals surface area contributed by atoms with Crippen molar-refractivity contribution in [3.8, 4) is 5.75 Å². The lowest BCUT2D eigenvalue weighted by atomic mass is 10.1. The minimum atomic E-state index is -0.140. The number of benzene rings is 3. The molecule has 1 N–H and O–H groups in total. The van der Waals surface area contributed by atoms with Crippen LogP contribution in [0.4, 0.5) is 0 Å². The zero-order valence-electron chi connectivity index (χ0n) is 16.6. The number of halogens is 1. The maximum absolute atomic E-state index is 12.8. The quantitative estimate of drug-likeness (QED) is 0.455. The summed E-state index contributed by atoms with van der Waals surface area (Å²) in [5, 5.41) is 9.13. The van der Waals surface area contributed by atoms with Gasteiger partial charge < -0.3 is 10.1 Å². The average Bonchev–Trinajstić information content (AvgIpc) is 3.15. The van der Waals surface area contributed by atoms with E-state index < -0.39 is 0 Å². The highest BCUT2D eigenvalue weighted by molar-refractivity contribution is 6.30. The molecular formula is C24H22ClN3O2. The third kappa shape index (κ3) is 4.47. The number of rotatable bonds is 7. The van der Waals surface area contributed by atoms with Gasteiger partial charge in [-0.3, -0.25) is 9.48 Å². The van der Waals surface area contributed by atoms with Crippen LogP contribution in [-0.2, 0) is 13.1 Å². The molecule has 1 heterocycles. The molecule has 0 spiro atoms. The number of carbonyl (C=O) groups is 1. The maximum atomic E-state index is 12.8. The van der Waals surface area contributed by atoms with Crippen LogP contribution in [0.3, 0.4) is 0 Å². The monoisotopic (exact) mass is 419 g/mol. The molecule has 30 heavy (non-hydrogen) atoms. The third-order valence-corrected chi connectivity index (χ3v) is 5.08. The molecule has 3 aromatic carbocycles. The maximum Gasteiger partial charge on any atom is 0.251 e. The Balaban J connectivity index is 1.52. The molecule has 0 radical (unpaired) electrons. The van der Waals surface area contributed by atoms with E-state index in [1.54, 1.807) is 6.20 Å². The summed E-state index contributed by atoms with van der Waals surface area (Å²) in [6, 6.07) is 21.0. The summed E-state index contributed by atoms with van der Waals surface area (Å²) in [4.78, 5) is 12.8. The summed E-state index contributed by atoms with van der Waals surface area (Å²) in [6.07, 6.45) is 1.81. The number of aromatic nitrogens is 2. The summed E-state index contributed by atoms with van der Waals surface area (Å²) in [5.41, 5.74) is 3.48. The van der Waals surface area contributed by atoms with Crippen LogP contribution >= 0.6 is 11.6 Å². The average molecular weight is 420 g/mol. The number of ether oxygens (including phenoxy) is 1. The lowest BCUT2D eigenvalue weighted by Gasteiger charge is -2.11. The SMILES string of the molecule is CCOc1ccccc1CNC(=O)c1ccc2cnn(Cc3cccc(Cl)c3)c2c1. The second kappa shape index (κ2) is 9.01. The largest absolute Gasteiger partial charge is 0.494 e. The second-order valence-electron chi connectivity index (χ2n) is 6.93. The van der Waals surface area contributed by atoms with Crippen molar-refractivity contribution in [2.24, 2.45) is 0 Å². The number of nitrogens with zero attached hydrogens (tertiary/aromatic N) is 2. The van der Waals surface area contributed by atoms with Gasteiger partial charge in [-0.05, 0) is 42.8 Å². The van der Waals surface area contributed by atoms with Gasteiger partial charge in [0, 0.05) is 28.1 Å². The summed E-state index contributed by atoms with van der Waals surface area (Å²) < 4.78 is 7.51. The fourth-order valence-corrected chi connectivity index (χ4v) is 3.58. The van der Waals surface area contributed by atoms with Gasteiger partial charge in [-0.25, -0.2) is 0 Å². The van der Waals surface area contributed by atoms with Crippen LogP contribution in [-0.4, -0.2) is 22.3 Å². The van der Waals surface area contributed by atoms with Crippen molar-refractivity contribution in [2.45, 2.75) is 20.0 Å². The lowest BCUT2D eigenvalue weighted by molar-refractivity contribution is 0.0950. The van der Waals surface area contributed by atoms with Crippen LogP contribution in [0, 0.1) is 0 Å². The van der Waals surface area contributed by atoms with Crippen molar-refractivity contribution in [2.75, 3.05) is 6.61 Å². The predicted octanol–water partition coefficient (Wildman–Crippen LogP) is 5.07. The van der Waals surface area contributed by atoms with E-state index in [0.717, 1.165) is 27.8 Å². The number of carbonyl (C=O) groups excluding carboxylic acids is 1. The van der Waals surface area contributed by atoms with Gasteiger partial charge in [-0.1, -0.05) is 48.0 Å².